The summed E-state index contributed by atoms with van der Waals surface area (Å²) in [5.74, 6) is -0.711. The number of rotatable bonds is 3. The first kappa shape index (κ1) is 13.8. The Morgan fingerprint density at radius 1 is 1.18 bits per heavy atom. The van der Waals surface area contributed by atoms with Crippen LogP contribution in [0.25, 0.3) is 11.0 Å². The molecule has 0 saturated carbocycles. The van der Waals surface area contributed by atoms with Gasteiger partial charge in [0.2, 0.25) is 5.76 Å². The average molecular weight is 297 g/mol. The topological polar surface area (TPSA) is 82.0 Å². The second kappa shape index (κ2) is 5.69. The van der Waals surface area contributed by atoms with E-state index in [4.69, 9.17) is 13.7 Å². The number of hydrogen-bond donors (Lipinski definition) is 0. The summed E-state index contributed by atoms with van der Waals surface area (Å²) in [6.07, 6.45) is 1.35. The lowest BCUT2D eigenvalue weighted by molar-refractivity contribution is 0.0480. The summed E-state index contributed by atoms with van der Waals surface area (Å²) in [7, 11) is 0. The predicted molar refractivity (Wildman–Crippen MR) is 78.8 cm³/mol. The van der Waals surface area contributed by atoms with Crippen LogP contribution in [-0.2, 0) is 4.84 Å². The van der Waals surface area contributed by atoms with Crippen LogP contribution >= 0.6 is 0 Å². The summed E-state index contributed by atoms with van der Waals surface area (Å²) in [4.78, 5) is 28.3. The van der Waals surface area contributed by atoms with E-state index in [1.165, 1.54) is 12.3 Å². The summed E-state index contributed by atoms with van der Waals surface area (Å²) in [6, 6.07) is 11.8. The molecule has 0 atom stereocenters. The lowest BCUT2D eigenvalue weighted by Gasteiger charge is -2.01. The number of oxime groups is 1. The largest absolute Gasteiger partial charge is 0.457 e. The molecule has 2 heterocycles. The van der Waals surface area contributed by atoms with E-state index in [0.29, 0.717) is 5.58 Å². The van der Waals surface area contributed by atoms with Crippen molar-refractivity contribution in [2.24, 2.45) is 5.16 Å². The Morgan fingerprint density at radius 2 is 2.00 bits per heavy atom. The van der Waals surface area contributed by atoms with Crippen molar-refractivity contribution in [1.82, 2.24) is 0 Å². The van der Waals surface area contributed by atoms with Gasteiger partial charge in [-0.25, -0.2) is 9.59 Å². The molecule has 2 aromatic heterocycles. The van der Waals surface area contributed by atoms with Crippen molar-refractivity contribution in [2.45, 2.75) is 6.92 Å². The Bertz CT molecular complexity index is 906. The standard InChI is InChI=1S/C16H11NO5/c1-10(17-22-16(19)14-7-4-8-20-14)12-9-11-5-2-3-6-13(11)21-15(12)18/h2-9H,1H3. The van der Waals surface area contributed by atoms with Crippen LogP contribution in [-0.4, -0.2) is 11.7 Å². The molecule has 3 rings (SSSR count). The smallest absolute Gasteiger partial charge is 0.400 e. The van der Waals surface area contributed by atoms with Crippen molar-refractivity contribution in [2.75, 3.05) is 0 Å². The van der Waals surface area contributed by atoms with E-state index in [0.717, 1.165) is 5.39 Å². The molecule has 0 saturated heterocycles. The molecular weight excluding hydrogens is 286 g/mol. The minimum absolute atomic E-state index is 0.0297. The second-order valence-corrected chi connectivity index (χ2v) is 4.52. The zero-order valence-electron chi connectivity index (χ0n) is 11.6. The molecule has 6 nitrogen and oxygen atoms in total. The highest BCUT2D eigenvalue weighted by atomic mass is 16.7. The zero-order valence-corrected chi connectivity index (χ0v) is 11.6. The van der Waals surface area contributed by atoms with Gasteiger partial charge in [0.15, 0.2) is 0 Å². The number of hydrogen-bond acceptors (Lipinski definition) is 6. The van der Waals surface area contributed by atoms with Crippen LogP contribution in [0.3, 0.4) is 0 Å². The predicted octanol–water partition coefficient (Wildman–Crippen LogP) is 2.97. The van der Waals surface area contributed by atoms with Crippen molar-refractivity contribution in [3.05, 3.63) is 70.5 Å². The van der Waals surface area contributed by atoms with Crippen molar-refractivity contribution in [1.29, 1.82) is 0 Å². The first-order valence-electron chi connectivity index (χ1n) is 6.48. The number of para-hydroxylation sites is 1. The molecule has 0 amide bonds. The van der Waals surface area contributed by atoms with Crippen LogP contribution in [0.2, 0.25) is 0 Å². The minimum atomic E-state index is -0.741. The van der Waals surface area contributed by atoms with Crippen molar-refractivity contribution >= 4 is 22.7 Å². The first-order valence-corrected chi connectivity index (χ1v) is 6.48. The van der Waals surface area contributed by atoms with Gasteiger partial charge >= 0.3 is 11.6 Å². The molecule has 0 radical (unpaired) electrons. The van der Waals surface area contributed by atoms with Gasteiger partial charge in [-0.05, 0) is 31.2 Å². The van der Waals surface area contributed by atoms with E-state index >= 15 is 0 Å². The van der Waals surface area contributed by atoms with E-state index in [9.17, 15) is 9.59 Å². The number of benzene rings is 1. The van der Waals surface area contributed by atoms with Gasteiger partial charge < -0.3 is 13.7 Å². The van der Waals surface area contributed by atoms with Gasteiger partial charge in [-0.1, -0.05) is 23.4 Å². The molecular formula is C16H11NO5. The molecule has 22 heavy (non-hydrogen) atoms. The highest BCUT2D eigenvalue weighted by molar-refractivity contribution is 6.00. The normalized spacial score (nSPS) is 11.6. The Balaban J connectivity index is 1.89. The van der Waals surface area contributed by atoms with Crippen molar-refractivity contribution < 1.29 is 18.5 Å². The molecule has 0 N–H and O–H groups in total. The average Bonchev–Trinajstić information content (AvgIpc) is 3.06. The Labute approximate surface area is 124 Å². The first-order chi connectivity index (χ1) is 10.6. The maximum absolute atomic E-state index is 11.9. The summed E-state index contributed by atoms with van der Waals surface area (Å²) < 4.78 is 10.1. The van der Waals surface area contributed by atoms with Crippen LogP contribution in [0.5, 0.6) is 0 Å². The number of furan rings is 1. The van der Waals surface area contributed by atoms with Gasteiger partial charge in [-0.2, -0.15) is 0 Å². The summed E-state index contributed by atoms with van der Waals surface area (Å²) in [6.45, 7) is 1.55. The van der Waals surface area contributed by atoms with E-state index in [1.54, 1.807) is 31.2 Å². The van der Waals surface area contributed by atoms with Gasteiger partial charge in [0.1, 0.15) is 5.58 Å². The Morgan fingerprint density at radius 3 is 2.77 bits per heavy atom. The molecule has 1 aromatic carbocycles. The number of fused-ring (bicyclic) bond motifs is 1. The summed E-state index contributed by atoms with van der Waals surface area (Å²) in [5, 5.41) is 4.42. The van der Waals surface area contributed by atoms with Gasteiger partial charge in [0.05, 0.1) is 17.5 Å². The highest BCUT2D eigenvalue weighted by Gasteiger charge is 2.12. The van der Waals surface area contributed by atoms with Gasteiger partial charge in [-0.15, -0.1) is 0 Å². The molecule has 0 spiro atoms. The third-order valence-corrected chi connectivity index (χ3v) is 3.02. The maximum atomic E-state index is 11.9. The van der Waals surface area contributed by atoms with E-state index in [-0.39, 0.29) is 17.0 Å². The quantitative estimate of drug-likeness (QED) is 0.321. The van der Waals surface area contributed by atoms with Crippen molar-refractivity contribution in [3.8, 4) is 0 Å². The summed E-state index contributed by atoms with van der Waals surface area (Å²) >= 11 is 0. The monoisotopic (exact) mass is 297 g/mol. The van der Waals surface area contributed by atoms with E-state index in [2.05, 4.69) is 5.16 Å². The lowest BCUT2D eigenvalue weighted by Crippen LogP contribution is -2.13. The van der Waals surface area contributed by atoms with Crippen LogP contribution in [0.1, 0.15) is 23.0 Å². The highest BCUT2D eigenvalue weighted by Crippen LogP contribution is 2.13. The Hall–Kier alpha value is -3.15. The SMILES string of the molecule is CC(=NOC(=O)c1ccco1)c1cc2ccccc2oc1=O. The van der Waals surface area contributed by atoms with Gasteiger partial charge in [-0.3, -0.25) is 0 Å². The molecule has 0 aliphatic rings. The number of carbonyl (C=O) groups excluding carboxylic acids is 1. The van der Waals surface area contributed by atoms with Crippen LogP contribution in [0, 0.1) is 0 Å². The molecule has 0 aliphatic heterocycles. The number of carbonyl (C=O) groups is 1. The van der Waals surface area contributed by atoms with Gasteiger partial charge in [0.25, 0.3) is 0 Å². The van der Waals surface area contributed by atoms with E-state index in [1.807, 2.05) is 12.1 Å². The molecule has 6 heteroatoms. The van der Waals surface area contributed by atoms with Crippen LogP contribution in [0.15, 0.2) is 67.5 Å². The molecule has 110 valence electrons. The Kier molecular flexibility index (Phi) is 3.57. The molecule has 0 bridgehead atoms. The lowest BCUT2D eigenvalue weighted by atomic mass is 10.1. The maximum Gasteiger partial charge on any atom is 0.400 e. The second-order valence-electron chi connectivity index (χ2n) is 4.52. The molecule has 0 aliphatic carbocycles. The van der Waals surface area contributed by atoms with Crippen molar-refractivity contribution in [3.63, 3.8) is 0 Å². The molecule has 0 fully saturated rings. The van der Waals surface area contributed by atoms with E-state index < -0.39 is 11.6 Å². The number of nitrogens with zero attached hydrogens (tertiary/aromatic N) is 1. The summed E-state index contributed by atoms with van der Waals surface area (Å²) in [5.41, 5.74) is 0.399. The van der Waals surface area contributed by atoms with Crippen LogP contribution < -0.4 is 5.63 Å². The fourth-order valence-corrected chi connectivity index (χ4v) is 1.91. The third-order valence-electron chi connectivity index (χ3n) is 3.02. The van der Waals surface area contributed by atoms with Crippen LogP contribution in [0.4, 0.5) is 0 Å². The zero-order chi connectivity index (χ0) is 15.5. The van der Waals surface area contributed by atoms with Gasteiger partial charge in [0, 0.05) is 5.39 Å². The fourth-order valence-electron chi connectivity index (χ4n) is 1.91. The minimum Gasteiger partial charge on any atom is -0.457 e. The molecule has 3 aromatic rings. The molecule has 0 unspecified atom stereocenters. The third kappa shape index (κ3) is 2.67. The fraction of sp³-hybridized carbons (Fsp3) is 0.0625.